The van der Waals surface area contributed by atoms with Crippen molar-refractivity contribution in [2.75, 3.05) is 32.1 Å². The summed E-state index contributed by atoms with van der Waals surface area (Å²) < 4.78 is 1.77. The van der Waals surface area contributed by atoms with E-state index < -0.39 is 0 Å². The summed E-state index contributed by atoms with van der Waals surface area (Å²) in [6.45, 7) is 2.04. The first-order valence-corrected chi connectivity index (χ1v) is 9.14. The van der Waals surface area contributed by atoms with E-state index in [1.165, 1.54) is 5.56 Å². The molecule has 0 radical (unpaired) electrons. The van der Waals surface area contributed by atoms with E-state index in [0.29, 0.717) is 11.5 Å². The van der Waals surface area contributed by atoms with Crippen LogP contribution in [0.2, 0.25) is 0 Å². The maximum Gasteiger partial charge on any atom is 0.262 e. The second-order valence-electron chi connectivity index (χ2n) is 7.10. The summed E-state index contributed by atoms with van der Waals surface area (Å²) in [7, 11) is 3.99. The molecular weight excluding hydrogens is 324 g/mol. The van der Waals surface area contributed by atoms with Gasteiger partial charge in [-0.15, -0.1) is 0 Å². The second-order valence-corrected chi connectivity index (χ2v) is 7.10. The molecule has 0 atom stereocenters. The lowest BCUT2D eigenvalue weighted by atomic mass is 9.91. The Morgan fingerprint density at radius 2 is 1.88 bits per heavy atom. The molecule has 5 nitrogen and oxygen atoms in total. The molecule has 1 saturated heterocycles. The number of pyridine rings is 1. The summed E-state index contributed by atoms with van der Waals surface area (Å²) in [5, 5.41) is 3.40. The van der Waals surface area contributed by atoms with Gasteiger partial charge in [-0.2, -0.15) is 0 Å². The molecule has 1 N–H and O–H groups in total. The molecule has 0 spiro atoms. The first-order chi connectivity index (χ1) is 12.6. The average molecular weight is 348 g/mol. The fourth-order valence-corrected chi connectivity index (χ4v) is 3.72. The Labute approximate surface area is 153 Å². The van der Waals surface area contributed by atoms with E-state index in [-0.39, 0.29) is 5.91 Å². The van der Waals surface area contributed by atoms with Gasteiger partial charge in [0, 0.05) is 37.7 Å². The number of carbonyl (C=O) groups excluding carboxylic acids is 1. The molecular formula is C21H24N4O. The average Bonchev–Trinajstić information content (AvgIpc) is 3.08. The van der Waals surface area contributed by atoms with Crippen molar-refractivity contribution in [1.29, 1.82) is 0 Å². The predicted molar refractivity (Wildman–Crippen MR) is 105 cm³/mol. The van der Waals surface area contributed by atoms with Crippen molar-refractivity contribution in [3.05, 3.63) is 59.9 Å². The van der Waals surface area contributed by atoms with Gasteiger partial charge in [0.05, 0.1) is 11.0 Å². The number of nitrogens with one attached hydrogen (secondary N) is 1. The number of nitrogens with zero attached hydrogens (tertiary/aromatic N) is 3. The highest BCUT2D eigenvalue weighted by molar-refractivity contribution is 6.02. The zero-order chi connectivity index (χ0) is 18.1. The van der Waals surface area contributed by atoms with Crippen molar-refractivity contribution in [3.63, 3.8) is 0 Å². The Bertz CT molecular complexity index is 921. The third-order valence-corrected chi connectivity index (χ3v) is 5.22. The van der Waals surface area contributed by atoms with Crippen LogP contribution >= 0.6 is 0 Å². The van der Waals surface area contributed by atoms with Crippen molar-refractivity contribution in [1.82, 2.24) is 14.9 Å². The number of hydrogen-bond donors (Lipinski definition) is 1. The van der Waals surface area contributed by atoms with Crippen LogP contribution < -0.4 is 10.2 Å². The maximum absolute atomic E-state index is 13.1. The summed E-state index contributed by atoms with van der Waals surface area (Å²) in [4.78, 5) is 19.8. The van der Waals surface area contributed by atoms with Crippen molar-refractivity contribution in [2.24, 2.45) is 0 Å². The molecule has 134 valence electrons. The van der Waals surface area contributed by atoms with Gasteiger partial charge in [0.15, 0.2) is 0 Å². The molecule has 0 aliphatic carbocycles. The largest absolute Gasteiger partial charge is 0.378 e. The fourth-order valence-electron chi connectivity index (χ4n) is 3.72. The van der Waals surface area contributed by atoms with Gasteiger partial charge in [0.25, 0.3) is 5.91 Å². The molecule has 1 fully saturated rings. The molecule has 0 saturated carbocycles. The van der Waals surface area contributed by atoms with E-state index in [9.17, 15) is 4.79 Å². The molecule has 0 unspecified atom stereocenters. The van der Waals surface area contributed by atoms with E-state index in [2.05, 4.69) is 10.3 Å². The SMILES string of the molecule is CN(C)c1ccc(C(=O)n2cc(C3CCNCC3)c3ncccc32)cc1. The monoisotopic (exact) mass is 348 g/mol. The van der Waals surface area contributed by atoms with Gasteiger partial charge < -0.3 is 10.2 Å². The standard InChI is InChI=1S/C21H24N4O/c1-24(2)17-7-5-16(6-8-17)21(26)25-14-18(15-9-12-22-13-10-15)20-19(25)4-3-11-23-20/h3-8,11,14-15,22H,9-10,12-13H2,1-2H3. The van der Waals surface area contributed by atoms with Crippen LogP contribution in [0.25, 0.3) is 11.0 Å². The molecule has 0 bridgehead atoms. The third-order valence-electron chi connectivity index (χ3n) is 5.22. The highest BCUT2D eigenvalue weighted by atomic mass is 16.2. The van der Waals surface area contributed by atoms with Gasteiger partial charge in [-0.05, 0) is 73.8 Å². The van der Waals surface area contributed by atoms with Crippen LogP contribution in [0.15, 0.2) is 48.8 Å². The fraction of sp³-hybridized carbons (Fsp3) is 0.333. The maximum atomic E-state index is 13.1. The predicted octanol–water partition coefficient (Wildman–Crippen LogP) is 3.26. The van der Waals surface area contributed by atoms with Crippen molar-refractivity contribution >= 4 is 22.6 Å². The molecule has 3 heterocycles. The zero-order valence-corrected chi connectivity index (χ0v) is 15.3. The smallest absolute Gasteiger partial charge is 0.262 e. The first-order valence-electron chi connectivity index (χ1n) is 9.14. The van der Waals surface area contributed by atoms with Gasteiger partial charge in [0.2, 0.25) is 0 Å². The number of piperidine rings is 1. The van der Waals surface area contributed by atoms with Crippen LogP contribution in [0.3, 0.4) is 0 Å². The number of carbonyl (C=O) groups is 1. The summed E-state index contributed by atoms with van der Waals surface area (Å²) >= 11 is 0. The van der Waals surface area contributed by atoms with Gasteiger partial charge >= 0.3 is 0 Å². The number of hydrogen-bond acceptors (Lipinski definition) is 4. The number of anilines is 1. The van der Waals surface area contributed by atoms with Crippen LogP contribution in [0.1, 0.15) is 34.7 Å². The number of benzene rings is 1. The second kappa shape index (κ2) is 6.92. The molecule has 4 rings (SSSR count). The Morgan fingerprint density at radius 3 is 2.58 bits per heavy atom. The summed E-state index contributed by atoms with van der Waals surface area (Å²) in [5.41, 5.74) is 4.81. The Balaban J connectivity index is 1.74. The molecule has 2 aromatic heterocycles. The minimum Gasteiger partial charge on any atom is -0.378 e. The van der Waals surface area contributed by atoms with Crippen molar-refractivity contribution in [3.8, 4) is 0 Å². The van der Waals surface area contributed by atoms with Crippen LogP contribution in [0.5, 0.6) is 0 Å². The Kier molecular flexibility index (Phi) is 4.47. The van der Waals surface area contributed by atoms with E-state index >= 15 is 0 Å². The molecule has 1 aromatic carbocycles. The minimum atomic E-state index is -0.00603. The van der Waals surface area contributed by atoms with Crippen molar-refractivity contribution in [2.45, 2.75) is 18.8 Å². The van der Waals surface area contributed by atoms with E-state index in [4.69, 9.17) is 0 Å². The quantitative estimate of drug-likeness (QED) is 0.789. The first kappa shape index (κ1) is 16.8. The van der Waals surface area contributed by atoms with Crippen LogP contribution in [0, 0.1) is 0 Å². The van der Waals surface area contributed by atoms with Crippen LogP contribution in [-0.2, 0) is 0 Å². The van der Waals surface area contributed by atoms with E-state index in [1.54, 1.807) is 4.57 Å². The lowest BCUT2D eigenvalue weighted by Crippen LogP contribution is -2.26. The highest BCUT2D eigenvalue weighted by Gasteiger charge is 2.23. The van der Waals surface area contributed by atoms with E-state index in [1.807, 2.05) is 67.8 Å². The summed E-state index contributed by atoms with van der Waals surface area (Å²) in [5.74, 6) is 0.451. The molecule has 1 aliphatic heterocycles. The van der Waals surface area contributed by atoms with E-state index in [0.717, 1.165) is 42.7 Å². The number of fused-ring (bicyclic) bond motifs is 1. The number of rotatable bonds is 3. The molecule has 3 aromatic rings. The van der Waals surface area contributed by atoms with Crippen LogP contribution in [-0.4, -0.2) is 42.6 Å². The summed E-state index contributed by atoms with van der Waals surface area (Å²) in [6.07, 6.45) is 5.99. The van der Waals surface area contributed by atoms with Crippen molar-refractivity contribution < 1.29 is 4.79 Å². The van der Waals surface area contributed by atoms with Gasteiger partial charge in [-0.3, -0.25) is 14.3 Å². The molecule has 26 heavy (non-hydrogen) atoms. The molecule has 0 amide bonds. The minimum absolute atomic E-state index is 0.00603. The zero-order valence-electron chi connectivity index (χ0n) is 15.3. The Hall–Kier alpha value is -2.66. The lowest BCUT2D eigenvalue weighted by Gasteiger charge is -2.21. The summed E-state index contributed by atoms with van der Waals surface area (Å²) in [6, 6.07) is 11.6. The Morgan fingerprint density at radius 1 is 1.15 bits per heavy atom. The third kappa shape index (κ3) is 2.99. The topological polar surface area (TPSA) is 50.2 Å². The molecule has 1 aliphatic rings. The van der Waals surface area contributed by atoms with Crippen LogP contribution in [0.4, 0.5) is 5.69 Å². The van der Waals surface area contributed by atoms with Gasteiger partial charge in [-0.1, -0.05) is 0 Å². The lowest BCUT2D eigenvalue weighted by molar-refractivity contribution is 0.0964. The molecule has 5 heteroatoms. The highest BCUT2D eigenvalue weighted by Crippen LogP contribution is 2.32. The number of aromatic nitrogens is 2. The normalized spacial score (nSPS) is 15.3. The van der Waals surface area contributed by atoms with Gasteiger partial charge in [-0.25, -0.2) is 0 Å². The van der Waals surface area contributed by atoms with Gasteiger partial charge in [0.1, 0.15) is 0 Å².